The van der Waals surface area contributed by atoms with E-state index in [-0.39, 0.29) is 4.13 Å². The average Bonchev–Trinajstić information content (AvgIpc) is 2.31. The van der Waals surface area contributed by atoms with Crippen molar-refractivity contribution in [3.63, 3.8) is 0 Å². The molecule has 0 aromatic rings. The van der Waals surface area contributed by atoms with E-state index < -0.39 is 20.8 Å². The SMILES string of the molecule is CN1CCCC1.O=S(=O)(F)NS(=O)(=O)F. The highest BCUT2D eigenvalue weighted by molar-refractivity contribution is 7.99. The van der Waals surface area contributed by atoms with Crippen molar-refractivity contribution in [3.8, 4) is 0 Å². The Labute approximate surface area is 88.0 Å². The van der Waals surface area contributed by atoms with Crippen LogP contribution >= 0.6 is 0 Å². The van der Waals surface area contributed by atoms with E-state index in [1.807, 2.05) is 0 Å². The first kappa shape index (κ1) is 14.7. The van der Waals surface area contributed by atoms with E-state index in [0.29, 0.717) is 0 Å². The number of rotatable bonds is 2. The third-order valence-electron chi connectivity index (χ3n) is 1.53. The van der Waals surface area contributed by atoms with Gasteiger partial charge >= 0.3 is 20.8 Å². The van der Waals surface area contributed by atoms with Crippen molar-refractivity contribution < 1.29 is 24.6 Å². The molecule has 0 aromatic carbocycles. The third-order valence-corrected chi connectivity index (χ3v) is 3.12. The van der Waals surface area contributed by atoms with Crippen molar-refractivity contribution in [3.05, 3.63) is 0 Å². The molecular weight excluding hydrogens is 254 g/mol. The molecule has 6 nitrogen and oxygen atoms in total. The molecule has 0 bridgehead atoms. The van der Waals surface area contributed by atoms with Crippen LogP contribution in [0.25, 0.3) is 0 Å². The van der Waals surface area contributed by atoms with Crippen LogP contribution < -0.4 is 4.13 Å². The lowest BCUT2D eigenvalue weighted by molar-refractivity contribution is 0.418. The summed E-state index contributed by atoms with van der Waals surface area (Å²) in [6.07, 6.45) is 2.83. The van der Waals surface area contributed by atoms with Crippen molar-refractivity contribution in [1.82, 2.24) is 9.03 Å². The zero-order valence-corrected chi connectivity index (χ0v) is 9.61. The Kier molecular flexibility index (Phi) is 5.56. The van der Waals surface area contributed by atoms with Crippen LogP contribution in [0.2, 0.25) is 0 Å². The first-order valence-electron chi connectivity index (χ1n) is 3.96. The van der Waals surface area contributed by atoms with Crippen LogP contribution in [0.4, 0.5) is 7.77 Å². The molecule has 0 amide bonds. The highest BCUT2D eigenvalue weighted by Gasteiger charge is 2.17. The van der Waals surface area contributed by atoms with Gasteiger partial charge in [-0.2, -0.15) is 16.8 Å². The van der Waals surface area contributed by atoms with E-state index in [1.165, 1.54) is 25.9 Å². The molecule has 0 unspecified atom stereocenters. The molecule has 15 heavy (non-hydrogen) atoms. The van der Waals surface area contributed by atoms with Crippen LogP contribution in [0.5, 0.6) is 0 Å². The third kappa shape index (κ3) is 11.6. The molecule has 0 spiro atoms. The number of nitrogens with zero attached hydrogens (tertiary/aromatic N) is 1. The highest BCUT2D eigenvalue weighted by Crippen LogP contribution is 2.02. The second-order valence-corrected chi connectivity index (χ2v) is 5.39. The van der Waals surface area contributed by atoms with Crippen molar-refractivity contribution in [2.24, 2.45) is 0 Å². The Bertz CT molecular complexity index is 344. The van der Waals surface area contributed by atoms with Gasteiger partial charge in [0.25, 0.3) is 0 Å². The van der Waals surface area contributed by atoms with E-state index in [1.54, 1.807) is 0 Å². The van der Waals surface area contributed by atoms with Crippen molar-refractivity contribution in [1.29, 1.82) is 0 Å². The molecule has 1 heterocycles. The van der Waals surface area contributed by atoms with Crippen molar-refractivity contribution in [2.45, 2.75) is 12.8 Å². The number of halogens is 2. The lowest BCUT2D eigenvalue weighted by Crippen LogP contribution is -2.23. The molecule has 0 aromatic heterocycles. The Hall–Kier alpha value is -0.320. The van der Waals surface area contributed by atoms with Crippen LogP contribution in [-0.2, 0) is 20.8 Å². The van der Waals surface area contributed by atoms with Crippen molar-refractivity contribution >= 4 is 20.8 Å². The Morgan fingerprint density at radius 2 is 1.33 bits per heavy atom. The van der Waals surface area contributed by atoms with E-state index in [9.17, 15) is 24.6 Å². The quantitative estimate of drug-likeness (QED) is 0.695. The van der Waals surface area contributed by atoms with Gasteiger partial charge in [0.15, 0.2) is 0 Å². The molecule has 1 aliphatic rings. The summed E-state index contributed by atoms with van der Waals surface area (Å²) in [4.78, 5) is 2.36. The maximum Gasteiger partial charge on any atom is 0.387 e. The fourth-order valence-electron chi connectivity index (χ4n) is 0.994. The molecule has 0 saturated carbocycles. The van der Waals surface area contributed by atoms with Gasteiger partial charge in [0.1, 0.15) is 0 Å². The topological polar surface area (TPSA) is 83.6 Å². The van der Waals surface area contributed by atoms with Gasteiger partial charge < -0.3 is 4.90 Å². The molecule has 0 aliphatic carbocycles. The van der Waals surface area contributed by atoms with Gasteiger partial charge in [-0.15, -0.1) is 0 Å². The zero-order chi connectivity index (χ0) is 12.1. The molecule has 10 heteroatoms. The monoisotopic (exact) mass is 266 g/mol. The van der Waals surface area contributed by atoms with Gasteiger partial charge in [-0.1, -0.05) is 11.9 Å². The second-order valence-electron chi connectivity index (χ2n) is 2.97. The normalized spacial score (nSPS) is 18.3. The minimum atomic E-state index is -5.49. The Morgan fingerprint density at radius 1 is 1.00 bits per heavy atom. The van der Waals surface area contributed by atoms with E-state index in [0.717, 1.165) is 0 Å². The average molecular weight is 266 g/mol. The van der Waals surface area contributed by atoms with Crippen LogP contribution in [0, 0.1) is 0 Å². The molecule has 0 radical (unpaired) electrons. The predicted molar refractivity (Wildman–Crippen MR) is 49.9 cm³/mol. The summed E-state index contributed by atoms with van der Waals surface area (Å²) < 4.78 is 59.3. The van der Waals surface area contributed by atoms with Gasteiger partial charge in [0.05, 0.1) is 0 Å². The molecule has 1 fully saturated rings. The Morgan fingerprint density at radius 3 is 1.40 bits per heavy atom. The van der Waals surface area contributed by atoms with Crippen LogP contribution in [0.3, 0.4) is 0 Å². The van der Waals surface area contributed by atoms with Crippen LogP contribution in [0.1, 0.15) is 12.8 Å². The number of hydrogen-bond donors (Lipinski definition) is 1. The maximum absolute atomic E-state index is 11.1. The van der Waals surface area contributed by atoms with Crippen molar-refractivity contribution in [2.75, 3.05) is 20.1 Å². The van der Waals surface area contributed by atoms with Gasteiger partial charge in [-0.05, 0) is 33.0 Å². The molecular formula is C5H12F2N2O4S2. The minimum Gasteiger partial charge on any atom is -0.306 e. The summed E-state index contributed by atoms with van der Waals surface area (Å²) in [5, 5.41) is 0. The number of nitrogens with one attached hydrogen (secondary N) is 1. The first-order valence-corrected chi connectivity index (χ1v) is 6.73. The lowest BCUT2D eigenvalue weighted by Gasteiger charge is -2.01. The summed E-state index contributed by atoms with van der Waals surface area (Å²) >= 11 is 0. The molecule has 1 saturated heterocycles. The zero-order valence-electron chi connectivity index (χ0n) is 7.98. The van der Waals surface area contributed by atoms with E-state index >= 15 is 0 Å². The fraction of sp³-hybridized carbons (Fsp3) is 1.00. The summed E-state index contributed by atoms with van der Waals surface area (Å²) in [6.45, 7) is 2.64. The van der Waals surface area contributed by atoms with E-state index in [4.69, 9.17) is 0 Å². The van der Waals surface area contributed by atoms with E-state index in [2.05, 4.69) is 11.9 Å². The van der Waals surface area contributed by atoms with Gasteiger partial charge in [-0.3, -0.25) is 0 Å². The Balaban J connectivity index is 0.000000280. The summed E-state index contributed by atoms with van der Waals surface area (Å²) in [7, 11) is -8.82. The highest BCUT2D eigenvalue weighted by atomic mass is 32.3. The van der Waals surface area contributed by atoms with Gasteiger partial charge in [0.2, 0.25) is 0 Å². The van der Waals surface area contributed by atoms with Gasteiger partial charge in [0, 0.05) is 0 Å². The number of hydrogen-bond acceptors (Lipinski definition) is 5. The van der Waals surface area contributed by atoms with Crippen LogP contribution in [-0.4, -0.2) is 41.9 Å². The standard InChI is InChI=1S/C5H11N.F2HNO4S2/c1-6-4-2-3-5-6;1-8(4,5)3-9(2,6)7/h2-5H2,1H3;3H. The molecule has 1 N–H and O–H groups in total. The smallest absolute Gasteiger partial charge is 0.306 e. The maximum atomic E-state index is 11.1. The molecule has 1 rings (SSSR count). The largest absolute Gasteiger partial charge is 0.387 e. The molecule has 0 atom stereocenters. The summed E-state index contributed by atoms with van der Waals surface area (Å²) in [6, 6.07) is 0. The second kappa shape index (κ2) is 5.68. The van der Waals surface area contributed by atoms with Crippen LogP contribution in [0.15, 0.2) is 0 Å². The summed E-state index contributed by atoms with van der Waals surface area (Å²) in [5.74, 6) is 0. The predicted octanol–water partition coefficient (Wildman–Crippen LogP) is -0.283. The van der Waals surface area contributed by atoms with Gasteiger partial charge in [-0.25, -0.2) is 0 Å². The fourth-order valence-corrected chi connectivity index (χ4v) is 1.95. The molecule has 92 valence electrons. The first-order chi connectivity index (χ1) is 6.60. The number of likely N-dealkylation sites (tertiary alicyclic amines) is 1. The molecule has 1 aliphatic heterocycles. The minimum absolute atomic E-state index is 0.0694. The lowest BCUT2D eigenvalue weighted by atomic mass is 10.4. The summed E-state index contributed by atoms with van der Waals surface area (Å²) in [5.41, 5.74) is 0.